The van der Waals surface area contributed by atoms with Gasteiger partial charge in [-0.1, -0.05) is 48.5 Å². The van der Waals surface area contributed by atoms with E-state index in [2.05, 4.69) is 47.2 Å². The third-order valence-corrected chi connectivity index (χ3v) is 5.58. The standard InChI is InChI=1S/C22H27N3O2/c1-23-11-12-25(16-20(23)18-7-3-2-4-8-18)22(26)17-24-13-14-27-21-10-6-5-9-19(21)15-24/h2-10,20H,11-17H2,1H3/t20-/m1/s1. The lowest BCUT2D eigenvalue weighted by Crippen LogP contribution is -2.51. The average Bonchev–Trinajstić information content (AvgIpc) is 2.90. The number of likely N-dealkylation sites (N-methyl/N-ethyl adjacent to an activating group) is 1. The molecule has 0 unspecified atom stereocenters. The van der Waals surface area contributed by atoms with E-state index in [0.29, 0.717) is 13.2 Å². The van der Waals surface area contributed by atoms with E-state index in [-0.39, 0.29) is 11.9 Å². The first-order chi connectivity index (χ1) is 13.2. The van der Waals surface area contributed by atoms with Crippen LogP contribution in [0.4, 0.5) is 0 Å². The molecule has 2 aromatic carbocycles. The number of hydrogen-bond acceptors (Lipinski definition) is 4. The zero-order valence-electron chi connectivity index (χ0n) is 15.9. The molecule has 2 heterocycles. The molecule has 0 aromatic heterocycles. The summed E-state index contributed by atoms with van der Waals surface area (Å²) in [6, 6.07) is 18.8. The molecule has 1 amide bonds. The van der Waals surface area contributed by atoms with Gasteiger partial charge in [0.15, 0.2) is 0 Å². The Bertz CT molecular complexity index is 780. The number of piperazine rings is 1. The van der Waals surface area contributed by atoms with Crippen LogP contribution in [0.2, 0.25) is 0 Å². The number of carbonyl (C=O) groups is 1. The number of para-hydroxylation sites is 1. The highest BCUT2D eigenvalue weighted by Crippen LogP contribution is 2.25. The molecule has 1 saturated heterocycles. The molecule has 2 aromatic rings. The highest BCUT2D eigenvalue weighted by molar-refractivity contribution is 5.78. The zero-order valence-corrected chi connectivity index (χ0v) is 15.9. The molecule has 0 saturated carbocycles. The van der Waals surface area contributed by atoms with Crippen LogP contribution >= 0.6 is 0 Å². The summed E-state index contributed by atoms with van der Waals surface area (Å²) in [6.07, 6.45) is 0. The summed E-state index contributed by atoms with van der Waals surface area (Å²) in [5.74, 6) is 1.15. The molecule has 0 radical (unpaired) electrons. The molecule has 1 fully saturated rings. The van der Waals surface area contributed by atoms with Crippen molar-refractivity contribution in [3.63, 3.8) is 0 Å². The molecule has 0 spiro atoms. The third-order valence-electron chi connectivity index (χ3n) is 5.58. The van der Waals surface area contributed by atoms with Crippen molar-refractivity contribution in [2.24, 2.45) is 0 Å². The van der Waals surface area contributed by atoms with E-state index in [1.165, 1.54) is 5.56 Å². The molecule has 1 atom stereocenters. The summed E-state index contributed by atoms with van der Waals surface area (Å²) in [5.41, 5.74) is 2.43. The smallest absolute Gasteiger partial charge is 0.236 e. The fourth-order valence-corrected chi connectivity index (χ4v) is 3.94. The molecule has 0 aliphatic carbocycles. The topological polar surface area (TPSA) is 36.0 Å². The predicted octanol–water partition coefficient (Wildman–Crippen LogP) is 2.40. The van der Waals surface area contributed by atoms with Crippen molar-refractivity contribution in [1.29, 1.82) is 0 Å². The SMILES string of the molecule is CN1CCN(C(=O)CN2CCOc3ccccc3C2)C[C@@H]1c1ccccc1. The summed E-state index contributed by atoms with van der Waals surface area (Å²) in [6.45, 7) is 5.05. The minimum atomic E-state index is 0.211. The second kappa shape index (κ2) is 8.11. The highest BCUT2D eigenvalue weighted by atomic mass is 16.5. The van der Waals surface area contributed by atoms with Gasteiger partial charge in [-0.3, -0.25) is 14.6 Å². The first-order valence-corrected chi connectivity index (χ1v) is 9.67. The van der Waals surface area contributed by atoms with Gasteiger partial charge in [0.25, 0.3) is 0 Å². The second-order valence-corrected chi connectivity index (χ2v) is 7.41. The molecule has 4 rings (SSSR count). The molecule has 142 valence electrons. The van der Waals surface area contributed by atoms with Gasteiger partial charge in [0, 0.05) is 38.3 Å². The molecule has 5 heteroatoms. The van der Waals surface area contributed by atoms with Gasteiger partial charge < -0.3 is 9.64 Å². The maximum absolute atomic E-state index is 13.0. The zero-order chi connectivity index (χ0) is 18.6. The van der Waals surface area contributed by atoms with Crippen molar-refractivity contribution < 1.29 is 9.53 Å². The van der Waals surface area contributed by atoms with Gasteiger partial charge in [-0.05, 0) is 18.7 Å². The lowest BCUT2D eigenvalue weighted by atomic mass is 10.0. The summed E-state index contributed by atoms with van der Waals surface area (Å²) < 4.78 is 5.82. The fraction of sp³-hybridized carbons (Fsp3) is 0.409. The molecule has 0 bridgehead atoms. The van der Waals surface area contributed by atoms with E-state index in [1.54, 1.807) is 0 Å². The Balaban J connectivity index is 1.41. The van der Waals surface area contributed by atoms with E-state index in [0.717, 1.165) is 44.0 Å². The first-order valence-electron chi connectivity index (χ1n) is 9.67. The number of ether oxygens (including phenoxy) is 1. The number of nitrogens with zero attached hydrogens (tertiary/aromatic N) is 3. The number of rotatable bonds is 3. The van der Waals surface area contributed by atoms with Gasteiger partial charge in [-0.2, -0.15) is 0 Å². The molecule has 0 N–H and O–H groups in total. The van der Waals surface area contributed by atoms with Crippen LogP contribution in [-0.2, 0) is 11.3 Å². The maximum Gasteiger partial charge on any atom is 0.236 e. The van der Waals surface area contributed by atoms with Crippen LogP contribution in [0.25, 0.3) is 0 Å². The molecule has 2 aliphatic heterocycles. The molecule has 5 nitrogen and oxygen atoms in total. The van der Waals surface area contributed by atoms with Crippen LogP contribution in [0.5, 0.6) is 5.75 Å². The van der Waals surface area contributed by atoms with E-state index in [4.69, 9.17) is 4.74 Å². The van der Waals surface area contributed by atoms with Crippen LogP contribution in [0.15, 0.2) is 54.6 Å². The fourth-order valence-electron chi connectivity index (χ4n) is 3.94. The minimum absolute atomic E-state index is 0.211. The van der Waals surface area contributed by atoms with Crippen LogP contribution < -0.4 is 4.74 Å². The van der Waals surface area contributed by atoms with Crippen molar-refractivity contribution in [2.75, 3.05) is 46.4 Å². The van der Waals surface area contributed by atoms with E-state index >= 15 is 0 Å². The van der Waals surface area contributed by atoms with Crippen LogP contribution in [0.3, 0.4) is 0 Å². The van der Waals surface area contributed by atoms with Gasteiger partial charge in [0.2, 0.25) is 5.91 Å². The van der Waals surface area contributed by atoms with Crippen LogP contribution in [-0.4, -0.2) is 67.0 Å². The largest absolute Gasteiger partial charge is 0.492 e. The van der Waals surface area contributed by atoms with Gasteiger partial charge in [-0.25, -0.2) is 0 Å². The average molecular weight is 365 g/mol. The Labute approximate surface area is 161 Å². The normalized spacial score (nSPS) is 21.2. The first kappa shape index (κ1) is 18.0. The number of hydrogen-bond donors (Lipinski definition) is 0. The lowest BCUT2D eigenvalue weighted by molar-refractivity contribution is -0.135. The third kappa shape index (κ3) is 4.15. The highest BCUT2D eigenvalue weighted by Gasteiger charge is 2.29. The Morgan fingerprint density at radius 2 is 1.81 bits per heavy atom. The Hall–Kier alpha value is -2.37. The summed E-state index contributed by atoms with van der Waals surface area (Å²) in [4.78, 5) is 19.6. The second-order valence-electron chi connectivity index (χ2n) is 7.41. The van der Waals surface area contributed by atoms with Crippen LogP contribution in [0.1, 0.15) is 17.2 Å². The quantitative estimate of drug-likeness (QED) is 0.837. The van der Waals surface area contributed by atoms with Crippen molar-refractivity contribution >= 4 is 5.91 Å². The van der Waals surface area contributed by atoms with E-state index in [9.17, 15) is 4.79 Å². The maximum atomic E-state index is 13.0. The molecular formula is C22H27N3O2. The molecular weight excluding hydrogens is 338 g/mol. The van der Waals surface area contributed by atoms with E-state index < -0.39 is 0 Å². The summed E-state index contributed by atoms with van der Waals surface area (Å²) >= 11 is 0. The van der Waals surface area contributed by atoms with Crippen molar-refractivity contribution in [3.8, 4) is 5.75 Å². The molecule has 2 aliphatic rings. The van der Waals surface area contributed by atoms with Gasteiger partial charge in [0.05, 0.1) is 12.6 Å². The number of carbonyl (C=O) groups excluding carboxylic acids is 1. The van der Waals surface area contributed by atoms with Crippen LogP contribution in [0, 0.1) is 0 Å². The number of benzene rings is 2. The number of fused-ring (bicyclic) bond motifs is 1. The molecule has 27 heavy (non-hydrogen) atoms. The van der Waals surface area contributed by atoms with Crippen molar-refractivity contribution in [1.82, 2.24) is 14.7 Å². The predicted molar refractivity (Wildman–Crippen MR) is 106 cm³/mol. The van der Waals surface area contributed by atoms with Gasteiger partial charge >= 0.3 is 0 Å². The summed E-state index contributed by atoms with van der Waals surface area (Å²) in [5, 5.41) is 0. The minimum Gasteiger partial charge on any atom is -0.492 e. The monoisotopic (exact) mass is 365 g/mol. The van der Waals surface area contributed by atoms with Gasteiger partial charge in [0.1, 0.15) is 12.4 Å². The van der Waals surface area contributed by atoms with E-state index in [1.807, 2.05) is 29.2 Å². The summed E-state index contributed by atoms with van der Waals surface area (Å²) in [7, 11) is 2.14. The lowest BCUT2D eigenvalue weighted by Gasteiger charge is -2.40. The Kier molecular flexibility index (Phi) is 5.41. The number of amides is 1. The Morgan fingerprint density at radius 3 is 2.67 bits per heavy atom. The Morgan fingerprint density at radius 1 is 1.04 bits per heavy atom. The van der Waals surface area contributed by atoms with Crippen molar-refractivity contribution in [2.45, 2.75) is 12.6 Å². The van der Waals surface area contributed by atoms with Crippen molar-refractivity contribution in [3.05, 3.63) is 65.7 Å². The van der Waals surface area contributed by atoms with Gasteiger partial charge in [-0.15, -0.1) is 0 Å².